The molecule has 8 heteroatoms. The summed E-state index contributed by atoms with van der Waals surface area (Å²) in [5, 5.41) is 5.23. The molecule has 0 bridgehead atoms. The number of nitrogens with one attached hydrogen (secondary N) is 2. The van der Waals surface area contributed by atoms with E-state index in [4.69, 9.17) is 4.74 Å². The first-order valence-corrected chi connectivity index (χ1v) is 7.04. The minimum Gasteiger partial charge on any atom is -0.457 e. The van der Waals surface area contributed by atoms with Gasteiger partial charge in [-0.3, -0.25) is 0 Å². The van der Waals surface area contributed by atoms with Gasteiger partial charge < -0.3 is 20.1 Å². The van der Waals surface area contributed by atoms with Crippen LogP contribution < -0.4 is 20.1 Å². The van der Waals surface area contributed by atoms with Gasteiger partial charge in [0.2, 0.25) is 0 Å². The standard InChI is InChI=1S/C16H15F3N2O3/c1-2-20-15(22)21-11-3-5-12(6-4-11)23-13-7-9-14(10-8-13)24-16(17,18)19/h3-10H,2H2,1H3,(H2,20,21,22). The average molecular weight is 340 g/mol. The third-order valence-electron chi connectivity index (χ3n) is 2.74. The van der Waals surface area contributed by atoms with E-state index in [2.05, 4.69) is 15.4 Å². The molecule has 0 fully saturated rings. The molecule has 2 amide bonds. The summed E-state index contributed by atoms with van der Waals surface area (Å²) in [6, 6.07) is 11.3. The summed E-state index contributed by atoms with van der Waals surface area (Å²) in [5.74, 6) is 0.506. The molecule has 0 aliphatic heterocycles. The number of carbonyl (C=O) groups is 1. The highest BCUT2D eigenvalue weighted by Gasteiger charge is 2.30. The Morgan fingerprint density at radius 2 is 1.46 bits per heavy atom. The Labute approximate surface area is 136 Å². The van der Waals surface area contributed by atoms with Gasteiger partial charge in [-0.15, -0.1) is 13.2 Å². The van der Waals surface area contributed by atoms with Gasteiger partial charge in [0.25, 0.3) is 0 Å². The van der Waals surface area contributed by atoms with Gasteiger partial charge in [-0.05, 0) is 55.5 Å². The lowest BCUT2D eigenvalue weighted by Gasteiger charge is -2.10. The smallest absolute Gasteiger partial charge is 0.457 e. The molecule has 0 aliphatic carbocycles. The SMILES string of the molecule is CCNC(=O)Nc1ccc(Oc2ccc(OC(F)(F)F)cc2)cc1. The van der Waals surface area contributed by atoms with E-state index in [1.165, 1.54) is 12.1 Å². The number of hydrogen-bond acceptors (Lipinski definition) is 3. The number of alkyl halides is 3. The third kappa shape index (κ3) is 5.71. The van der Waals surface area contributed by atoms with Crippen molar-refractivity contribution in [2.24, 2.45) is 0 Å². The number of amides is 2. The lowest BCUT2D eigenvalue weighted by molar-refractivity contribution is -0.274. The molecule has 0 unspecified atom stereocenters. The Bertz CT molecular complexity index is 670. The number of ether oxygens (including phenoxy) is 2. The Hall–Kier alpha value is -2.90. The molecular weight excluding hydrogens is 325 g/mol. The van der Waals surface area contributed by atoms with Crippen LogP contribution >= 0.6 is 0 Å². The third-order valence-corrected chi connectivity index (χ3v) is 2.74. The summed E-state index contributed by atoms with van der Waals surface area (Å²) in [7, 11) is 0. The summed E-state index contributed by atoms with van der Waals surface area (Å²) in [5.41, 5.74) is 0.585. The van der Waals surface area contributed by atoms with Gasteiger partial charge in [0, 0.05) is 12.2 Å². The predicted molar refractivity (Wildman–Crippen MR) is 82.3 cm³/mol. The van der Waals surface area contributed by atoms with Crippen LogP contribution in [0.5, 0.6) is 17.2 Å². The largest absolute Gasteiger partial charge is 0.573 e. The molecular formula is C16H15F3N2O3. The molecule has 5 nitrogen and oxygen atoms in total. The fourth-order valence-corrected chi connectivity index (χ4v) is 1.79. The number of urea groups is 1. The van der Waals surface area contributed by atoms with Gasteiger partial charge >= 0.3 is 12.4 Å². The van der Waals surface area contributed by atoms with E-state index < -0.39 is 6.36 Å². The molecule has 24 heavy (non-hydrogen) atoms. The molecule has 128 valence electrons. The van der Waals surface area contributed by atoms with Crippen molar-refractivity contribution in [3.05, 3.63) is 48.5 Å². The fraction of sp³-hybridized carbons (Fsp3) is 0.188. The molecule has 0 heterocycles. The second-order valence-corrected chi connectivity index (χ2v) is 4.63. The van der Waals surface area contributed by atoms with Gasteiger partial charge in [0.15, 0.2) is 0 Å². The first-order valence-electron chi connectivity index (χ1n) is 7.04. The number of anilines is 1. The Morgan fingerprint density at radius 1 is 0.958 bits per heavy atom. The predicted octanol–water partition coefficient (Wildman–Crippen LogP) is 4.52. The normalized spacial score (nSPS) is 10.8. The summed E-state index contributed by atoms with van der Waals surface area (Å²) < 4.78 is 45.5. The topological polar surface area (TPSA) is 59.6 Å². The van der Waals surface area contributed by atoms with E-state index in [0.717, 1.165) is 12.1 Å². The number of benzene rings is 2. The summed E-state index contributed by atoms with van der Waals surface area (Å²) in [4.78, 5) is 11.4. The number of hydrogen-bond donors (Lipinski definition) is 2. The van der Waals surface area contributed by atoms with Crippen molar-refractivity contribution in [3.8, 4) is 17.2 Å². The van der Waals surface area contributed by atoms with Crippen molar-refractivity contribution in [1.82, 2.24) is 5.32 Å². The van der Waals surface area contributed by atoms with Crippen LogP contribution in [0.2, 0.25) is 0 Å². The molecule has 0 atom stereocenters. The maximum absolute atomic E-state index is 12.1. The maximum Gasteiger partial charge on any atom is 0.573 e. The lowest BCUT2D eigenvalue weighted by Crippen LogP contribution is -2.28. The monoisotopic (exact) mass is 340 g/mol. The molecule has 2 rings (SSSR count). The maximum atomic E-state index is 12.1. The molecule has 0 saturated heterocycles. The minimum atomic E-state index is -4.73. The first-order chi connectivity index (χ1) is 11.4. The molecule has 2 aromatic carbocycles. The zero-order valence-electron chi connectivity index (χ0n) is 12.7. The first kappa shape index (κ1) is 17.5. The molecule has 0 aromatic heterocycles. The second kappa shape index (κ2) is 7.58. The molecule has 0 aliphatic rings. The second-order valence-electron chi connectivity index (χ2n) is 4.63. The van der Waals surface area contributed by atoms with Crippen LogP contribution in [-0.4, -0.2) is 18.9 Å². The van der Waals surface area contributed by atoms with Crippen LogP contribution in [0.15, 0.2) is 48.5 Å². The van der Waals surface area contributed by atoms with Crippen molar-refractivity contribution in [3.63, 3.8) is 0 Å². The van der Waals surface area contributed by atoms with Crippen LogP contribution in [0.25, 0.3) is 0 Å². The summed E-state index contributed by atoms with van der Waals surface area (Å²) in [6.45, 7) is 2.32. The molecule has 0 spiro atoms. The summed E-state index contributed by atoms with van der Waals surface area (Å²) >= 11 is 0. The van der Waals surface area contributed by atoms with E-state index in [9.17, 15) is 18.0 Å². The Morgan fingerprint density at radius 3 is 1.96 bits per heavy atom. The fourth-order valence-electron chi connectivity index (χ4n) is 1.79. The van der Waals surface area contributed by atoms with Crippen LogP contribution in [0.4, 0.5) is 23.7 Å². The van der Waals surface area contributed by atoms with Crippen molar-refractivity contribution >= 4 is 11.7 Å². The minimum absolute atomic E-state index is 0.313. The molecule has 2 aromatic rings. The Kier molecular flexibility index (Phi) is 5.51. The van der Waals surface area contributed by atoms with Crippen LogP contribution in [0.3, 0.4) is 0 Å². The van der Waals surface area contributed by atoms with Crippen molar-refractivity contribution in [2.75, 3.05) is 11.9 Å². The summed E-state index contributed by atoms with van der Waals surface area (Å²) in [6.07, 6.45) is -4.73. The highest BCUT2D eigenvalue weighted by Crippen LogP contribution is 2.27. The number of rotatable bonds is 5. The van der Waals surface area contributed by atoms with Crippen molar-refractivity contribution in [1.29, 1.82) is 0 Å². The van der Waals surface area contributed by atoms with Crippen LogP contribution in [-0.2, 0) is 0 Å². The lowest BCUT2D eigenvalue weighted by atomic mass is 10.3. The van der Waals surface area contributed by atoms with E-state index in [1.807, 2.05) is 6.92 Å². The number of carbonyl (C=O) groups excluding carboxylic acids is 1. The van der Waals surface area contributed by atoms with Crippen molar-refractivity contribution in [2.45, 2.75) is 13.3 Å². The van der Waals surface area contributed by atoms with Gasteiger partial charge in [-0.1, -0.05) is 0 Å². The van der Waals surface area contributed by atoms with E-state index in [1.54, 1.807) is 24.3 Å². The average Bonchev–Trinajstić information content (AvgIpc) is 2.50. The van der Waals surface area contributed by atoms with Crippen LogP contribution in [0.1, 0.15) is 6.92 Å². The quantitative estimate of drug-likeness (QED) is 0.841. The highest BCUT2D eigenvalue weighted by atomic mass is 19.4. The van der Waals surface area contributed by atoms with E-state index in [0.29, 0.717) is 23.7 Å². The zero-order valence-corrected chi connectivity index (χ0v) is 12.7. The Balaban J connectivity index is 1.95. The molecule has 2 N–H and O–H groups in total. The van der Waals surface area contributed by atoms with Crippen LogP contribution in [0, 0.1) is 0 Å². The van der Waals surface area contributed by atoms with Gasteiger partial charge in [-0.25, -0.2) is 4.79 Å². The number of halogens is 3. The highest BCUT2D eigenvalue weighted by molar-refractivity contribution is 5.89. The van der Waals surface area contributed by atoms with E-state index in [-0.39, 0.29) is 11.8 Å². The van der Waals surface area contributed by atoms with Crippen molar-refractivity contribution < 1.29 is 27.4 Å². The zero-order chi connectivity index (χ0) is 17.6. The van der Waals surface area contributed by atoms with Gasteiger partial charge in [-0.2, -0.15) is 0 Å². The van der Waals surface area contributed by atoms with Gasteiger partial charge in [0.1, 0.15) is 17.2 Å². The van der Waals surface area contributed by atoms with E-state index >= 15 is 0 Å². The molecule has 0 radical (unpaired) electrons. The molecule has 0 saturated carbocycles. The van der Waals surface area contributed by atoms with Gasteiger partial charge in [0.05, 0.1) is 0 Å².